The van der Waals surface area contributed by atoms with Crippen LogP contribution in [0.15, 0.2) is 23.1 Å². The van der Waals surface area contributed by atoms with E-state index in [-0.39, 0.29) is 21.9 Å². The van der Waals surface area contributed by atoms with Gasteiger partial charge in [-0.15, -0.1) is 0 Å². The molecule has 0 aliphatic heterocycles. The fourth-order valence-electron chi connectivity index (χ4n) is 2.60. The third kappa shape index (κ3) is 3.36. The minimum atomic E-state index is -3.79. The van der Waals surface area contributed by atoms with E-state index in [1.54, 1.807) is 0 Å². The molecule has 0 heterocycles. The quantitative estimate of drug-likeness (QED) is 0.678. The fraction of sp³-hybridized carbons (Fsp3) is 0.538. The summed E-state index contributed by atoms with van der Waals surface area (Å²) in [6.45, 7) is 4.10. The molecule has 0 bridgehead atoms. The zero-order chi connectivity index (χ0) is 15.8. The van der Waals surface area contributed by atoms with Crippen LogP contribution in [0, 0.1) is 22.0 Å². The molecule has 1 aromatic carbocycles. The van der Waals surface area contributed by atoms with E-state index in [1.807, 2.05) is 6.92 Å². The number of nitrogens with one attached hydrogen (secondary N) is 1. The second kappa shape index (κ2) is 5.90. The molecule has 0 amide bonds. The van der Waals surface area contributed by atoms with Gasteiger partial charge in [-0.2, -0.15) is 0 Å². The molecule has 1 saturated carbocycles. The van der Waals surface area contributed by atoms with Crippen molar-refractivity contribution >= 4 is 27.3 Å². The van der Waals surface area contributed by atoms with Gasteiger partial charge in [0, 0.05) is 12.1 Å². The maximum absolute atomic E-state index is 12.3. The largest absolute Gasteiger partial charge is 0.289 e. The van der Waals surface area contributed by atoms with Crippen LogP contribution in [0.1, 0.15) is 26.7 Å². The van der Waals surface area contributed by atoms with Gasteiger partial charge >= 0.3 is 0 Å². The molecule has 0 aromatic heterocycles. The van der Waals surface area contributed by atoms with E-state index in [4.69, 9.17) is 11.6 Å². The Balaban J connectivity index is 2.28. The molecule has 3 atom stereocenters. The molecule has 116 valence electrons. The Morgan fingerprint density at radius 3 is 2.52 bits per heavy atom. The molecule has 1 N–H and O–H groups in total. The summed E-state index contributed by atoms with van der Waals surface area (Å²) in [5.74, 6) is 0.694. The fourth-order valence-corrected chi connectivity index (χ4v) is 4.17. The van der Waals surface area contributed by atoms with Crippen molar-refractivity contribution in [2.45, 2.75) is 37.6 Å². The predicted molar refractivity (Wildman–Crippen MR) is 79.8 cm³/mol. The molecule has 21 heavy (non-hydrogen) atoms. The van der Waals surface area contributed by atoms with E-state index in [1.165, 1.54) is 12.1 Å². The van der Waals surface area contributed by atoms with E-state index < -0.39 is 20.6 Å². The molecular weight excluding hydrogens is 316 g/mol. The minimum absolute atomic E-state index is 0.0817. The molecular formula is C13H17ClN2O4S. The number of halogens is 1. The van der Waals surface area contributed by atoms with Crippen molar-refractivity contribution in [1.82, 2.24) is 4.72 Å². The first-order chi connectivity index (χ1) is 9.72. The van der Waals surface area contributed by atoms with Gasteiger partial charge < -0.3 is 0 Å². The molecule has 0 spiro atoms. The molecule has 1 aliphatic rings. The van der Waals surface area contributed by atoms with Crippen LogP contribution in [0.25, 0.3) is 0 Å². The Bertz CT molecular complexity index is 662. The number of nitrogens with zero attached hydrogens (tertiary/aromatic N) is 1. The van der Waals surface area contributed by atoms with Gasteiger partial charge in [-0.3, -0.25) is 10.1 Å². The predicted octanol–water partition coefficient (Wildman–Crippen LogP) is 2.96. The van der Waals surface area contributed by atoms with Gasteiger partial charge in [0.05, 0.1) is 9.82 Å². The monoisotopic (exact) mass is 332 g/mol. The van der Waals surface area contributed by atoms with Crippen molar-refractivity contribution in [3.8, 4) is 0 Å². The minimum Gasteiger partial charge on any atom is -0.258 e. The zero-order valence-corrected chi connectivity index (χ0v) is 13.3. The van der Waals surface area contributed by atoms with Crippen LogP contribution in [0.4, 0.5) is 5.69 Å². The lowest BCUT2D eigenvalue weighted by Gasteiger charge is -2.19. The highest BCUT2D eigenvalue weighted by Crippen LogP contribution is 2.33. The number of hydrogen-bond donors (Lipinski definition) is 1. The molecule has 8 heteroatoms. The SMILES string of the molecule is CC1CCC(NS(=O)(=O)c2ccc(Cl)c([N+](=O)[O-])c2)C1C. The Labute approximate surface area is 128 Å². The van der Waals surface area contributed by atoms with E-state index in [9.17, 15) is 18.5 Å². The third-order valence-corrected chi connectivity index (χ3v) is 6.00. The van der Waals surface area contributed by atoms with Crippen molar-refractivity contribution in [2.75, 3.05) is 0 Å². The highest BCUT2D eigenvalue weighted by atomic mass is 35.5. The lowest BCUT2D eigenvalue weighted by Crippen LogP contribution is -2.37. The van der Waals surface area contributed by atoms with Crippen LogP contribution in [0.3, 0.4) is 0 Å². The zero-order valence-electron chi connectivity index (χ0n) is 11.7. The number of rotatable bonds is 4. The Morgan fingerprint density at radius 1 is 1.33 bits per heavy atom. The number of nitro groups is 1. The standard InChI is InChI=1S/C13H17ClN2O4S/c1-8-3-6-12(9(8)2)15-21(19,20)10-4-5-11(14)13(7-10)16(17)18/h4-5,7-9,12,15H,3,6H2,1-2H3. The average molecular weight is 333 g/mol. The van der Waals surface area contributed by atoms with Crippen LogP contribution in [-0.4, -0.2) is 19.4 Å². The van der Waals surface area contributed by atoms with Crippen LogP contribution in [0.2, 0.25) is 5.02 Å². The first kappa shape index (κ1) is 16.2. The molecule has 0 radical (unpaired) electrons. The lowest BCUT2D eigenvalue weighted by atomic mass is 9.98. The van der Waals surface area contributed by atoms with Gasteiger partial charge in [-0.25, -0.2) is 13.1 Å². The Morgan fingerprint density at radius 2 is 2.00 bits per heavy atom. The summed E-state index contributed by atoms with van der Waals surface area (Å²) in [4.78, 5) is 10.0. The number of sulfonamides is 1. The number of benzene rings is 1. The van der Waals surface area contributed by atoms with Crippen LogP contribution in [-0.2, 0) is 10.0 Å². The number of hydrogen-bond acceptors (Lipinski definition) is 4. The molecule has 2 rings (SSSR count). The van der Waals surface area contributed by atoms with E-state index in [2.05, 4.69) is 11.6 Å². The van der Waals surface area contributed by atoms with E-state index >= 15 is 0 Å². The van der Waals surface area contributed by atoms with Gasteiger partial charge in [0.1, 0.15) is 5.02 Å². The van der Waals surface area contributed by atoms with Crippen molar-refractivity contribution in [3.05, 3.63) is 33.3 Å². The second-order valence-corrected chi connectivity index (χ2v) is 7.63. The van der Waals surface area contributed by atoms with Gasteiger partial charge in [0.25, 0.3) is 5.69 Å². The maximum atomic E-state index is 12.3. The highest BCUT2D eigenvalue weighted by molar-refractivity contribution is 7.89. The summed E-state index contributed by atoms with van der Waals surface area (Å²) in [6.07, 6.45) is 1.74. The van der Waals surface area contributed by atoms with Crippen molar-refractivity contribution < 1.29 is 13.3 Å². The van der Waals surface area contributed by atoms with Crippen molar-refractivity contribution in [3.63, 3.8) is 0 Å². The van der Waals surface area contributed by atoms with Crippen LogP contribution in [0.5, 0.6) is 0 Å². The Hall–Kier alpha value is -1.18. The highest BCUT2D eigenvalue weighted by Gasteiger charge is 2.33. The lowest BCUT2D eigenvalue weighted by molar-refractivity contribution is -0.384. The van der Waals surface area contributed by atoms with Crippen LogP contribution < -0.4 is 4.72 Å². The smallest absolute Gasteiger partial charge is 0.258 e. The first-order valence-electron chi connectivity index (χ1n) is 6.68. The first-order valence-corrected chi connectivity index (χ1v) is 8.55. The second-order valence-electron chi connectivity index (χ2n) is 5.51. The van der Waals surface area contributed by atoms with E-state index in [0.29, 0.717) is 5.92 Å². The maximum Gasteiger partial charge on any atom is 0.289 e. The summed E-state index contributed by atoms with van der Waals surface area (Å²) in [7, 11) is -3.79. The molecule has 1 fully saturated rings. The van der Waals surface area contributed by atoms with Gasteiger partial charge in [-0.05, 0) is 36.8 Å². The number of nitro benzene ring substituents is 1. The molecule has 0 saturated heterocycles. The summed E-state index contributed by atoms with van der Waals surface area (Å²) in [5, 5.41) is 10.8. The molecule has 1 aromatic rings. The topological polar surface area (TPSA) is 89.3 Å². The van der Waals surface area contributed by atoms with Gasteiger partial charge in [-0.1, -0.05) is 25.4 Å². The van der Waals surface area contributed by atoms with Crippen molar-refractivity contribution in [1.29, 1.82) is 0 Å². The van der Waals surface area contributed by atoms with Gasteiger partial charge in [0.15, 0.2) is 0 Å². The summed E-state index contributed by atoms with van der Waals surface area (Å²) >= 11 is 5.70. The average Bonchev–Trinajstić information content (AvgIpc) is 2.70. The molecule has 1 aliphatic carbocycles. The van der Waals surface area contributed by atoms with Crippen molar-refractivity contribution in [2.24, 2.45) is 11.8 Å². The molecule has 3 unspecified atom stereocenters. The molecule has 6 nitrogen and oxygen atoms in total. The Kier molecular flexibility index (Phi) is 4.55. The summed E-state index contributed by atoms with van der Waals surface area (Å²) in [6, 6.07) is 3.36. The van der Waals surface area contributed by atoms with Crippen LogP contribution >= 0.6 is 11.6 Å². The normalized spacial score (nSPS) is 26.0. The third-order valence-electron chi connectivity index (χ3n) is 4.20. The van der Waals surface area contributed by atoms with Gasteiger partial charge in [0.2, 0.25) is 10.0 Å². The van der Waals surface area contributed by atoms with E-state index in [0.717, 1.165) is 18.9 Å². The summed E-state index contributed by atoms with van der Waals surface area (Å²) < 4.78 is 27.3. The summed E-state index contributed by atoms with van der Waals surface area (Å²) in [5.41, 5.74) is -0.410.